The van der Waals surface area contributed by atoms with Crippen molar-refractivity contribution in [2.45, 2.75) is 20.0 Å². The Hall–Kier alpha value is -5.14. The van der Waals surface area contributed by atoms with Crippen molar-refractivity contribution in [3.8, 4) is 0 Å². The van der Waals surface area contributed by atoms with Crippen LogP contribution in [0.3, 0.4) is 0 Å². The summed E-state index contributed by atoms with van der Waals surface area (Å²) in [6.45, 7) is 3.44. The molecule has 6 rings (SSSR count). The maximum Gasteiger partial charge on any atom is 0.339 e. The van der Waals surface area contributed by atoms with E-state index in [1.165, 1.54) is 12.1 Å². The number of fused-ring (bicyclic) bond motifs is 3. The van der Waals surface area contributed by atoms with Crippen molar-refractivity contribution in [3.63, 3.8) is 0 Å². The third-order valence-corrected chi connectivity index (χ3v) is 7.54. The molecule has 1 aliphatic rings. The summed E-state index contributed by atoms with van der Waals surface area (Å²) in [7, 11) is 0. The number of Topliss-reactive ketones (excluding diaryl/α,β-unsaturated/α-hetero) is 1. The van der Waals surface area contributed by atoms with Gasteiger partial charge in [-0.15, -0.1) is 0 Å². The van der Waals surface area contributed by atoms with Crippen LogP contribution in [0.15, 0.2) is 97.1 Å². The van der Waals surface area contributed by atoms with Crippen LogP contribution in [-0.4, -0.2) is 28.6 Å². The average molecular weight is 575 g/mol. The number of pyridine rings is 1. The summed E-state index contributed by atoms with van der Waals surface area (Å²) in [4.78, 5) is 60.0. The number of ether oxygens (including phenoxy) is 1. The molecule has 1 aromatic heterocycles. The molecule has 0 saturated heterocycles. The van der Waals surface area contributed by atoms with Crippen molar-refractivity contribution in [3.05, 3.63) is 141 Å². The molecule has 2 heterocycles. The van der Waals surface area contributed by atoms with Gasteiger partial charge in [0, 0.05) is 21.5 Å². The van der Waals surface area contributed by atoms with Gasteiger partial charge in [-0.2, -0.15) is 0 Å². The Balaban J connectivity index is 1.36. The first kappa shape index (κ1) is 27.1. The SMILES string of the molecule is Cc1ccc(C(=O)OC(C(=O)c2ccccc2)c2ccc(Cl)cc2)cc1N1C(=O)c2c(C)nc3ccccc3c2C1=O. The van der Waals surface area contributed by atoms with Crippen molar-refractivity contribution >= 4 is 51.8 Å². The van der Waals surface area contributed by atoms with Gasteiger partial charge in [0.05, 0.1) is 33.6 Å². The Bertz CT molecular complexity index is 1920. The lowest BCUT2D eigenvalue weighted by molar-refractivity contribution is 0.0280. The predicted molar refractivity (Wildman–Crippen MR) is 159 cm³/mol. The van der Waals surface area contributed by atoms with E-state index in [9.17, 15) is 19.2 Å². The van der Waals surface area contributed by atoms with Crippen molar-refractivity contribution in [1.29, 1.82) is 0 Å². The maximum absolute atomic E-state index is 13.7. The Labute approximate surface area is 246 Å². The Morgan fingerprint density at radius 3 is 2.19 bits per heavy atom. The average Bonchev–Trinajstić information content (AvgIpc) is 3.27. The van der Waals surface area contributed by atoms with Crippen LogP contribution in [0, 0.1) is 13.8 Å². The smallest absolute Gasteiger partial charge is 0.339 e. The number of hydrogen-bond donors (Lipinski definition) is 0. The molecule has 1 aliphatic heterocycles. The molecule has 7 nitrogen and oxygen atoms in total. The number of nitrogens with zero attached hydrogens (tertiary/aromatic N) is 2. The number of halogens is 1. The number of esters is 1. The third-order valence-electron chi connectivity index (χ3n) is 7.29. The van der Waals surface area contributed by atoms with Gasteiger partial charge in [0.1, 0.15) is 0 Å². The molecule has 0 aliphatic carbocycles. The molecule has 8 heteroatoms. The van der Waals surface area contributed by atoms with Crippen molar-refractivity contribution in [2.24, 2.45) is 0 Å². The van der Waals surface area contributed by atoms with E-state index in [0.29, 0.717) is 38.3 Å². The highest BCUT2D eigenvalue weighted by atomic mass is 35.5. The molecule has 2 amide bonds. The molecule has 0 saturated carbocycles. The summed E-state index contributed by atoms with van der Waals surface area (Å²) in [6.07, 6.45) is -1.25. The lowest BCUT2D eigenvalue weighted by Gasteiger charge is -2.20. The van der Waals surface area contributed by atoms with Gasteiger partial charge in [-0.3, -0.25) is 19.4 Å². The van der Waals surface area contributed by atoms with Crippen LogP contribution in [0.2, 0.25) is 5.02 Å². The van der Waals surface area contributed by atoms with E-state index in [0.717, 1.165) is 4.90 Å². The summed E-state index contributed by atoms with van der Waals surface area (Å²) < 4.78 is 5.80. The second kappa shape index (κ2) is 10.7. The first-order valence-electron chi connectivity index (χ1n) is 13.2. The second-order valence-corrected chi connectivity index (χ2v) is 10.4. The molecule has 0 bridgehead atoms. The monoisotopic (exact) mass is 574 g/mol. The van der Waals surface area contributed by atoms with Gasteiger partial charge in [-0.1, -0.05) is 78.3 Å². The van der Waals surface area contributed by atoms with Gasteiger partial charge in [0.25, 0.3) is 11.8 Å². The lowest BCUT2D eigenvalue weighted by atomic mass is 9.99. The van der Waals surface area contributed by atoms with E-state index in [1.807, 2.05) is 6.07 Å². The van der Waals surface area contributed by atoms with Crippen LogP contribution in [0.25, 0.3) is 10.9 Å². The van der Waals surface area contributed by atoms with Gasteiger partial charge in [0.2, 0.25) is 5.78 Å². The number of anilines is 1. The number of hydrogen-bond acceptors (Lipinski definition) is 6. The predicted octanol–water partition coefficient (Wildman–Crippen LogP) is 7.09. The minimum Gasteiger partial charge on any atom is -0.445 e. The van der Waals surface area contributed by atoms with E-state index < -0.39 is 29.7 Å². The Morgan fingerprint density at radius 1 is 0.786 bits per heavy atom. The molecule has 0 N–H and O–H groups in total. The number of benzene rings is 4. The summed E-state index contributed by atoms with van der Waals surface area (Å²) >= 11 is 6.05. The van der Waals surface area contributed by atoms with E-state index in [1.54, 1.807) is 92.7 Å². The highest BCUT2D eigenvalue weighted by Crippen LogP contribution is 2.36. The molecule has 0 spiro atoms. The molecule has 4 aromatic carbocycles. The highest BCUT2D eigenvalue weighted by Gasteiger charge is 2.41. The summed E-state index contributed by atoms with van der Waals surface area (Å²) in [6, 6.07) is 26.8. The molecule has 0 fully saturated rings. The summed E-state index contributed by atoms with van der Waals surface area (Å²) in [5, 5.41) is 1.05. The van der Waals surface area contributed by atoms with Crippen LogP contribution < -0.4 is 4.90 Å². The maximum atomic E-state index is 13.7. The van der Waals surface area contributed by atoms with Crippen molar-refractivity contribution in [2.75, 3.05) is 4.90 Å². The van der Waals surface area contributed by atoms with Crippen LogP contribution in [0.5, 0.6) is 0 Å². The van der Waals surface area contributed by atoms with Crippen molar-refractivity contribution in [1.82, 2.24) is 4.98 Å². The van der Waals surface area contributed by atoms with Gasteiger partial charge in [-0.25, -0.2) is 9.69 Å². The van der Waals surface area contributed by atoms with Gasteiger partial charge >= 0.3 is 5.97 Å². The van der Waals surface area contributed by atoms with E-state index >= 15 is 0 Å². The molecule has 1 unspecified atom stereocenters. The standard InChI is InChI=1S/C34H23ClN2O5/c1-19-12-13-23(34(41)42-31(22-14-16-24(35)17-15-22)30(38)21-8-4-3-5-9-21)18-27(19)37-32(39)28-20(2)36-26-11-7-6-10-25(26)29(28)33(37)40/h3-18,31H,1-2H3. The largest absolute Gasteiger partial charge is 0.445 e. The zero-order valence-electron chi connectivity index (χ0n) is 22.6. The number of ketones is 1. The fraction of sp³-hybridized carbons (Fsp3) is 0.0882. The Kier molecular flexibility index (Phi) is 6.88. The van der Waals surface area contributed by atoms with E-state index in [2.05, 4.69) is 4.98 Å². The zero-order chi connectivity index (χ0) is 29.5. The molecule has 1 atom stereocenters. The molecule has 206 valence electrons. The van der Waals surface area contributed by atoms with Crippen LogP contribution in [0.4, 0.5) is 5.69 Å². The minimum absolute atomic E-state index is 0.0756. The number of aromatic nitrogens is 1. The second-order valence-electron chi connectivity index (χ2n) is 9.98. The van der Waals surface area contributed by atoms with Gasteiger partial charge < -0.3 is 4.74 Å². The van der Waals surface area contributed by atoms with Crippen LogP contribution in [0.1, 0.15) is 64.4 Å². The first-order chi connectivity index (χ1) is 20.2. The fourth-order valence-corrected chi connectivity index (χ4v) is 5.30. The minimum atomic E-state index is -1.25. The topological polar surface area (TPSA) is 93.6 Å². The number of carbonyl (C=O) groups is 4. The van der Waals surface area contributed by atoms with Crippen LogP contribution >= 0.6 is 11.6 Å². The van der Waals surface area contributed by atoms with Crippen molar-refractivity contribution < 1.29 is 23.9 Å². The van der Waals surface area contributed by atoms with E-state index in [4.69, 9.17) is 16.3 Å². The first-order valence-corrected chi connectivity index (χ1v) is 13.6. The fourth-order valence-electron chi connectivity index (χ4n) is 5.17. The third kappa shape index (κ3) is 4.63. The zero-order valence-corrected chi connectivity index (χ0v) is 23.4. The number of aryl methyl sites for hydroxylation is 2. The van der Waals surface area contributed by atoms with E-state index in [-0.39, 0.29) is 22.4 Å². The molecular formula is C34H23ClN2O5. The Morgan fingerprint density at radius 2 is 1.45 bits per heavy atom. The summed E-state index contributed by atoms with van der Waals surface area (Å²) in [5.41, 5.74) is 3.33. The quantitative estimate of drug-likeness (QED) is 0.122. The molecule has 5 aromatic rings. The van der Waals surface area contributed by atoms with Crippen LogP contribution in [-0.2, 0) is 4.74 Å². The highest BCUT2D eigenvalue weighted by molar-refractivity contribution is 6.38. The van der Waals surface area contributed by atoms with Gasteiger partial charge in [-0.05, 0) is 49.7 Å². The normalized spacial score (nSPS) is 13.3. The lowest BCUT2D eigenvalue weighted by Crippen LogP contribution is -2.30. The number of rotatable bonds is 6. The number of imide groups is 1. The van der Waals surface area contributed by atoms with Gasteiger partial charge in [0.15, 0.2) is 6.10 Å². The number of para-hydroxylation sites is 1. The molecule has 0 radical (unpaired) electrons. The molecule has 42 heavy (non-hydrogen) atoms. The molecular weight excluding hydrogens is 552 g/mol. The number of amides is 2. The summed E-state index contributed by atoms with van der Waals surface area (Å²) in [5.74, 6) is -2.21. The number of carbonyl (C=O) groups excluding carboxylic acids is 4.